The average Bonchev–Trinajstić information content (AvgIpc) is 2.38. The number of hydrogen-bond donors (Lipinski definition) is 1. The maximum absolute atomic E-state index is 6.42. The first kappa shape index (κ1) is 17.2. The van der Waals surface area contributed by atoms with E-state index in [0.717, 1.165) is 5.92 Å². The lowest BCUT2D eigenvalue weighted by molar-refractivity contribution is 0.0199. The van der Waals surface area contributed by atoms with Gasteiger partial charge in [0.05, 0.1) is 0 Å². The highest BCUT2D eigenvalue weighted by atomic mass is 15.2. The summed E-state index contributed by atoms with van der Waals surface area (Å²) in [5.74, 6) is 1.64. The molecule has 3 nitrogen and oxygen atoms in total. The molecule has 0 aliphatic heterocycles. The molecule has 3 heteroatoms. The quantitative estimate of drug-likeness (QED) is 0.784. The lowest BCUT2D eigenvalue weighted by Crippen LogP contribution is -2.57. The van der Waals surface area contributed by atoms with Crippen LogP contribution < -0.4 is 5.73 Å². The second kappa shape index (κ2) is 7.43. The van der Waals surface area contributed by atoms with Gasteiger partial charge in [0.25, 0.3) is 0 Å². The van der Waals surface area contributed by atoms with E-state index in [1.54, 1.807) is 0 Å². The molecule has 0 amide bonds. The van der Waals surface area contributed by atoms with Gasteiger partial charge in [0.1, 0.15) is 0 Å². The molecule has 2 fully saturated rings. The van der Waals surface area contributed by atoms with Crippen LogP contribution in [0, 0.1) is 11.8 Å². The zero-order valence-electron chi connectivity index (χ0n) is 14.8. The van der Waals surface area contributed by atoms with Gasteiger partial charge in [0, 0.05) is 24.7 Å². The molecule has 0 aromatic carbocycles. The van der Waals surface area contributed by atoms with E-state index in [0.29, 0.717) is 17.5 Å². The second-order valence-electron chi connectivity index (χ2n) is 8.06. The van der Waals surface area contributed by atoms with Gasteiger partial charge in [-0.1, -0.05) is 19.8 Å². The fraction of sp³-hybridized carbons (Fsp3) is 1.00. The summed E-state index contributed by atoms with van der Waals surface area (Å²) in [7, 11) is 6.80. The Morgan fingerprint density at radius 2 is 1.86 bits per heavy atom. The van der Waals surface area contributed by atoms with E-state index < -0.39 is 0 Å². The SMILES string of the molecule is CCCC1CCC(N)C(CN(C)CC2(N(C)C)CCC2)C1. The van der Waals surface area contributed by atoms with Crippen LogP contribution in [0.1, 0.15) is 58.3 Å². The van der Waals surface area contributed by atoms with Crippen LogP contribution in [0.3, 0.4) is 0 Å². The van der Waals surface area contributed by atoms with Gasteiger partial charge in [-0.25, -0.2) is 0 Å². The lowest BCUT2D eigenvalue weighted by Gasteiger charge is -2.50. The summed E-state index contributed by atoms with van der Waals surface area (Å²) in [4.78, 5) is 5.02. The van der Waals surface area contributed by atoms with Crippen LogP contribution in [0.15, 0.2) is 0 Å². The normalized spacial score (nSPS) is 32.4. The molecule has 0 bridgehead atoms. The number of nitrogens with two attached hydrogens (primary N) is 1. The molecular weight excluding hydrogens is 258 g/mol. The number of hydrogen-bond acceptors (Lipinski definition) is 3. The molecule has 0 radical (unpaired) electrons. The smallest absolute Gasteiger partial charge is 0.0330 e. The molecule has 2 aliphatic rings. The molecule has 2 rings (SSSR count). The predicted molar refractivity (Wildman–Crippen MR) is 91.5 cm³/mol. The Bertz CT molecular complexity index is 312. The third-order valence-corrected chi connectivity index (χ3v) is 6.19. The van der Waals surface area contributed by atoms with Gasteiger partial charge in [0.15, 0.2) is 0 Å². The van der Waals surface area contributed by atoms with Gasteiger partial charge in [0.2, 0.25) is 0 Å². The monoisotopic (exact) mass is 295 g/mol. The number of likely N-dealkylation sites (N-methyl/N-ethyl adjacent to an activating group) is 2. The largest absolute Gasteiger partial charge is 0.327 e. The summed E-state index contributed by atoms with van der Waals surface area (Å²) in [5.41, 5.74) is 6.86. The number of nitrogens with zero attached hydrogens (tertiary/aromatic N) is 2. The Morgan fingerprint density at radius 3 is 2.38 bits per heavy atom. The Labute approximate surface area is 132 Å². The minimum atomic E-state index is 0.428. The van der Waals surface area contributed by atoms with E-state index in [2.05, 4.69) is 37.9 Å². The lowest BCUT2D eigenvalue weighted by atomic mass is 9.74. The molecule has 0 spiro atoms. The van der Waals surface area contributed by atoms with Crippen molar-refractivity contribution in [2.24, 2.45) is 17.6 Å². The molecule has 2 N–H and O–H groups in total. The summed E-state index contributed by atoms with van der Waals surface area (Å²) in [6, 6.07) is 0.428. The number of rotatable bonds is 7. The Morgan fingerprint density at radius 1 is 1.14 bits per heavy atom. The van der Waals surface area contributed by atoms with Gasteiger partial charge in [-0.2, -0.15) is 0 Å². The standard InChI is InChI=1S/C18H37N3/c1-5-7-15-8-9-17(19)16(12-15)13-21(4)14-18(20(2)3)10-6-11-18/h15-17H,5-14,19H2,1-4H3. The van der Waals surface area contributed by atoms with Crippen molar-refractivity contribution in [2.45, 2.75) is 69.9 Å². The molecule has 0 aromatic heterocycles. The third-order valence-electron chi connectivity index (χ3n) is 6.19. The zero-order chi connectivity index (χ0) is 15.5. The van der Waals surface area contributed by atoms with E-state index in [1.165, 1.54) is 64.5 Å². The van der Waals surface area contributed by atoms with E-state index in [1.807, 2.05) is 0 Å². The van der Waals surface area contributed by atoms with Gasteiger partial charge >= 0.3 is 0 Å². The predicted octanol–water partition coefficient (Wildman–Crippen LogP) is 2.95. The zero-order valence-corrected chi connectivity index (χ0v) is 14.8. The molecule has 0 heterocycles. The van der Waals surface area contributed by atoms with Gasteiger partial charge in [-0.3, -0.25) is 0 Å². The molecule has 3 unspecified atom stereocenters. The molecule has 21 heavy (non-hydrogen) atoms. The molecule has 2 saturated carbocycles. The molecule has 124 valence electrons. The van der Waals surface area contributed by atoms with E-state index >= 15 is 0 Å². The van der Waals surface area contributed by atoms with Crippen molar-refractivity contribution >= 4 is 0 Å². The van der Waals surface area contributed by atoms with Crippen molar-refractivity contribution in [1.82, 2.24) is 9.80 Å². The fourth-order valence-electron chi connectivity index (χ4n) is 4.56. The molecule has 3 atom stereocenters. The minimum absolute atomic E-state index is 0.428. The van der Waals surface area contributed by atoms with Crippen LogP contribution >= 0.6 is 0 Å². The van der Waals surface area contributed by atoms with Crippen molar-refractivity contribution in [3.63, 3.8) is 0 Å². The minimum Gasteiger partial charge on any atom is -0.327 e. The summed E-state index contributed by atoms with van der Waals surface area (Å²) in [5, 5.41) is 0. The van der Waals surface area contributed by atoms with Crippen LogP contribution in [0.5, 0.6) is 0 Å². The molecule has 0 aromatic rings. The summed E-state index contributed by atoms with van der Waals surface area (Å²) >= 11 is 0. The summed E-state index contributed by atoms with van der Waals surface area (Å²) in [6.07, 6.45) is 10.8. The van der Waals surface area contributed by atoms with Crippen LogP contribution in [-0.2, 0) is 0 Å². The molecule has 0 saturated heterocycles. The van der Waals surface area contributed by atoms with Crippen molar-refractivity contribution in [3.8, 4) is 0 Å². The van der Waals surface area contributed by atoms with Crippen molar-refractivity contribution in [3.05, 3.63) is 0 Å². The van der Waals surface area contributed by atoms with Gasteiger partial charge in [-0.05, 0) is 71.5 Å². The van der Waals surface area contributed by atoms with Crippen molar-refractivity contribution in [2.75, 3.05) is 34.2 Å². The van der Waals surface area contributed by atoms with Crippen LogP contribution in [-0.4, -0.2) is 55.6 Å². The maximum atomic E-state index is 6.42. The highest BCUT2D eigenvalue weighted by Crippen LogP contribution is 2.37. The van der Waals surface area contributed by atoms with Crippen molar-refractivity contribution < 1.29 is 0 Å². The Kier molecular flexibility index (Phi) is 6.10. The third kappa shape index (κ3) is 4.20. The van der Waals surface area contributed by atoms with Crippen LogP contribution in [0.2, 0.25) is 0 Å². The molecular formula is C18H37N3. The highest BCUT2D eigenvalue weighted by Gasteiger charge is 2.40. The second-order valence-corrected chi connectivity index (χ2v) is 8.06. The topological polar surface area (TPSA) is 32.5 Å². The highest BCUT2D eigenvalue weighted by molar-refractivity contribution is 4.98. The summed E-state index contributed by atoms with van der Waals surface area (Å²) in [6.45, 7) is 4.71. The average molecular weight is 296 g/mol. The first-order valence-electron chi connectivity index (χ1n) is 9.08. The van der Waals surface area contributed by atoms with E-state index in [-0.39, 0.29) is 0 Å². The van der Waals surface area contributed by atoms with E-state index in [4.69, 9.17) is 5.73 Å². The first-order chi connectivity index (χ1) is 9.97. The van der Waals surface area contributed by atoms with Crippen LogP contribution in [0.25, 0.3) is 0 Å². The van der Waals surface area contributed by atoms with Crippen LogP contribution in [0.4, 0.5) is 0 Å². The van der Waals surface area contributed by atoms with Gasteiger partial charge < -0.3 is 15.5 Å². The first-order valence-corrected chi connectivity index (χ1v) is 9.08. The fourth-order valence-corrected chi connectivity index (χ4v) is 4.56. The maximum Gasteiger partial charge on any atom is 0.0330 e. The van der Waals surface area contributed by atoms with Gasteiger partial charge in [-0.15, -0.1) is 0 Å². The Balaban J connectivity index is 1.84. The summed E-state index contributed by atoms with van der Waals surface area (Å²) < 4.78 is 0. The van der Waals surface area contributed by atoms with E-state index in [9.17, 15) is 0 Å². The molecule has 2 aliphatic carbocycles. The van der Waals surface area contributed by atoms with Crippen molar-refractivity contribution in [1.29, 1.82) is 0 Å². The Hall–Kier alpha value is -0.120.